The van der Waals surface area contributed by atoms with Crippen LogP contribution in [0.5, 0.6) is 0 Å². The highest BCUT2D eigenvalue weighted by atomic mass is 16.6. The van der Waals surface area contributed by atoms with Gasteiger partial charge in [0, 0.05) is 29.7 Å². The van der Waals surface area contributed by atoms with E-state index in [1.807, 2.05) is 0 Å². The maximum Gasteiger partial charge on any atom is 0.350 e. The van der Waals surface area contributed by atoms with Crippen LogP contribution in [0.4, 0.5) is 0 Å². The van der Waals surface area contributed by atoms with Gasteiger partial charge in [0.1, 0.15) is 35.6 Å². The molecule has 3 aliphatic carbocycles. The van der Waals surface area contributed by atoms with Gasteiger partial charge in [0.2, 0.25) is 6.10 Å². The van der Waals surface area contributed by atoms with Crippen molar-refractivity contribution in [3.05, 3.63) is 119 Å². The maximum absolute atomic E-state index is 14.9. The molecule has 6 N–H and O–H groups in total. The number of carbonyl (C=O) groups excluding carboxylic acids is 5. The molecule has 1 amide bonds. The molecule has 1 saturated heterocycles. The number of carboxylic acids is 1. The molecule has 2 saturated carbocycles. The Bertz CT molecular complexity index is 2300. The zero-order chi connectivity index (χ0) is 45.6. The summed E-state index contributed by atoms with van der Waals surface area (Å²) in [4.78, 5) is 82.2. The van der Waals surface area contributed by atoms with Crippen LogP contribution < -0.4 is 5.32 Å². The zero-order valence-electron chi connectivity index (χ0n) is 35.1. The third-order valence-corrected chi connectivity index (χ3v) is 13.7. The molecule has 334 valence electrons. The smallest absolute Gasteiger partial charge is 0.350 e. The van der Waals surface area contributed by atoms with E-state index in [1.165, 1.54) is 52.0 Å². The predicted molar refractivity (Wildman–Crippen MR) is 219 cm³/mol. The van der Waals surface area contributed by atoms with Crippen LogP contribution in [0.3, 0.4) is 0 Å². The van der Waals surface area contributed by atoms with E-state index in [1.54, 1.807) is 66.7 Å². The van der Waals surface area contributed by atoms with Crippen LogP contribution in [0.2, 0.25) is 0 Å². The first kappa shape index (κ1) is 45.3. The standard InChI is InChI=1S/C47H51NO15/c1-25-29(61-43(57)37(62-33(52)21-20-32(50)51)35(26-14-8-5-9-15-26)48-41(55)27-16-10-6-11-17-27)23-47(59)40(63-42(56)28-18-12-7-13-19-28)38-45(4,30(49)22-31-46(38,58)24-60-31)39(54)36(53)34(25)44(47,2)3/h5-19,29-31,35-38,40,49,53,58-59H,20-24H2,1-4H3,(H,48,55)(H,50,51)/t29?,30?,31?,35?,36?,37?,38?,40?,45-,46?,47?/m1/s1. The summed E-state index contributed by atoms with van der Waals surface area (Å²) in [5.41, 5.74) is -7.58. The Labute approximate surface area is 362 Å². The summed E-state index contributed by atoms with van der Waals surface area (Å²) >= 11 is 0. The third kappa shape index (κ3) is 7.84. The number of carbonyl (C=O) groups is 6. The van der Waals surface area contributed by atoms with Crippen LogP contribution in [-0.4, -0.2) is 116 Å². The average Bonchev–Trinajstić information content (AvgIpc) is 3.26. The molecule has 4 aliphatic rings. The van der Waals surface area contributed by atoms with Crippen LogP contribution in [0, 0.1) is 16.7 Å². The molecule has 63 heavy (non-hydrogen) atoms. The second-order valence-electron chi connectivity index (χ2n) is 17.6. The monoisotopic (exact) mass is 869 g/mol. The van der Waals surface area contributed by atoms with E-state index in [4.69, 9.17) is 18.9 Å². The predicted octanol–water partition coefficient (Wildman–Crippen LogP) is 3.01. The van der Waals surface area contributed by atoms with Gasteiger partial charge in [-0.3, -0.25) is 19.2 Å². The maximum atomic E-state index is 14.9. The van der Waals surface area contributed by atoms with Crippen LogP contribution in [0.15, 0.2) is 102 Å². The number of aliphatic carboxylic acids is 1. The molecule has 10 unspecified atom stereocenters. The van der Waals surface area contributed by atoms with Crippen molar-refractivity contribution in [2.45, 2.75) is 107 Å². The summed E-state index contributed by atoms with van der Waals surface area (Å²) in [6.45, 7) is 5.49. The molecule has 0 spiro atoms. The summed E-state index contributed by atoms with van der Waals surface area (Å²) in [5, 5.41) is 61.9. The summed E-state index contributed by atoms with van der Waals surface area (Å²) in [6, 6.07) is 22.3. The van der Waals surface area contributed by atoms with Gasteiger partial charge in [0.05, 0.1) is 42.6 Å². The van der Waals surface area contributed by atoms with Gasteiger partial charge in [0.25, 0.3) is 5.91 Å². The lowest BCUT2D eigenvalue weighted by Crippen LogP contribution is -2.81. The van der Waals surface area contributed by atoms with Gasteiger partial charge in [-0.1, -0.05) is 80.6 Å². The highest BCUT2D eigenvalue weighted by Gasteiger charge is 2.76. The minimum atomic E-state index is -2.41. The van der Waals surface area contributed by atoms with Gasteiger partial charge < -0.3 is 49.8 Å². The molecular formula is C47H51NO15. The molecule has 0 radical (unpaired) electrons. The number of amides is 1. The molecule has 11 atom stereocenters. The average molecular weight is 870 g/mol. The van der Waals surface area contributed by atoms with Crippen molar-refractivity contribution in [2.24, 2.45) is 16.7 Å². The van der Waals surface area contributed by atoms with E-state index in [0.717, 1.165) is 0 Å². The number of Topliss-reactive ketones (excluding diaryl/α,β-unsaturated/α-hetero) is 1. The van der Waals surface area contributed by atoms with Crippen molar-refractivity contribution in [1.29, 1.82) is 0 Å². The van der Waals surface area contributed by atoms with Gasteiger partial charge >= 0.3 is 23.9 Å². The number of fused-ring (bicyclic) bond motifs is 5. The van der Waals surface area contributed by atoms with E-state index in [0.29, 0.717) is 0 Å². The van der Waals surface area contributed by atoms with Crippen LogP contribution in [0.25, 0.3) is 0 Å². The number of aliphatic hydroxyl groups is 4. The minimum Gasteiger partial charge on any atom is -0.481 e. The Morgan fingerprint density at radius 2 is 1.43 bits per heavy atom. The number of rotatable bonds is 12. The van der Waals surface area contributed by atoms with Crippen molar-refractivity contribution in [3.63, 3.8) is 0 Å². The molecule has 1 heterocycles. The fourth-order valence-electron chi connectivity index (χ4n) is 10.1. The first-order chi connectivity index (χ1) is 29.7. The lowest BCUT2D eigenvalue weighted by molar-refractivity contribution is -0.343. The molecule has 3 aromatic carbocycles. The van der Waals surface area contributed by atoms with Crippen molar-refractivity contribution in [3.8, 4) is 0 Å². The second-order valence-corrected chi connectivity index (χ2v) is 17.6. The van der Waals surface area contributed by atoms with Crippen molar-refractivity contribution in [1.82, 2.24) is 5.32 Å². The zero-order valence-corrected chi connectivity index (χ0v) is 35.1. The van der Waals surface area contributed by atoms with E-state index in [9.17, 15) is 54.3 Å². The molecular weight excluding hydrogens is 819 g/mol. The lowest BCUT2D eigenvalue weighted by atomic mass is 9.44. The Hall–Kier alpha value is -5.78. The van der Waals surface area contributed by atoms with Gasteiger partial charge in [-0.05, 0) is 54.8 Å². The summed E-state index contributed by atoms with van der Waals surface area (Å²) < 4.78 is 23.8. The number of esters is 3. The SMILES string of the molecule is CC1=C2C(O)C(=O)[C@]3(C)C(O)CC4OCC4(O)C3C(OC(=O)c3ccccc3)C(O)(CC1OC(=O)C(OC(=O)CCC(=O)O)C(NC(=O)c1ccccc1)c1ccccc1)C2(C)C. The fourth-order valence-corrected chi connectivity index (χ4v) is 10.1. The quantitative estimate of drug-likeness (QED) is 0.0870. The first-order valence-electron chi connectivity index (χ1n) is 20.7. The highest BCUT2D eigenvalue weighted by molar-refractivity contribution is 5.96. The third-order valence-electron chi connectivity index (χ3n) is 13.7. The van der Waals surface area contributed by atoms with Crippen molar-refractivity contribution < 1.29 is 73.2 Å². The Kier molecular flexibility index (Phi) is 12.3. The number of ketones is 1. The van der Waals surface area contributed by atoms with E-state index >= 15 is 0 Å². The van der Waals surface area contributed by atoms with Crippen molar-refractivity contribution >= 4 is 35.6 Å². The molecule has 16 heteroatoms. The molecule has 7 rings (SSSR count). The summed E-state index contributed by atoms with van der Waals surface area (Å²) in [6.07, 6.45) is -12.2. The molecule has 1 aliphatic heterocycles. The van der Waals surface area contributed by atoms with E-state index < -0.39 is 125 Å². The number of hydrogen-bond acceptors (Lipinski definition) is 14. The van der Waals surface area contributed by atoms with Crippen molar-refractivity contribution in [2.75, 3.05) is 6.61 Å². The Morgan fingerprint density at radius 1 is 0.841 bits per heavy atom. The van der Waals surface area contributed by atoms with Gasteiger partial charge in [-0.15, -0.1) is 0 Å². The second kappa shape index (κ2) is 17.1. The molecule has 16 nitrogen and oxygen atoms in total. The van der Waals surface area contributed by atoms with Gasteiger partial charge in [-0.2, -0.15) is 0 Å². The Balaban J connectivity index is 1.35. The normalized spacial score (nSPS) is 31.6. The van der Waals surface area contributed by atoms with Crippen LogP contribution in [-0.2, 0) is 38.1 Å². The minimum absolute atomic E-state index is 0.0570. The highest BCUT2D eigenvalue weighted by Crippen LogP contribution is 2.63. The number of ether oxygens (including phenoxy) is 4. The number of nitrogens with one attached hydrogen (secondary N) is 1. The van der Waals surface area contributed by atoms with Gasteiger partial charge in [0.15, 0.2) is 5.78 Å². The topological polar surface area (TPSA) is 253 Å². The fraction of sp³-hybridized carbons (Fsp3) is 0.447. The number of hydrogen-bond donors (Lipinski definition) is 6. The molecule has 3 fully saturated rings. The molecule has 0 aromatic heterocycles. The summed E-state index contributed by atoms with van der Waals surface area (Å²) in [5.74, 6) is -7.87. The van der Waals surface area contributed by atoms with Crippen LogP contribution in [0.1, 0.15) is 85.7 Å². The number of carboxylic acid groups (broad SMARTS) is 1. The van der Waals surface area contributed by atoms with Gasteiger partial charge in [-0.25, -0.2) is 9.59 Å². The number of benzene rings is 3. The first-order valence-corrected chi connectivity index (χ1v) is 20.7. The summed E-state index contributed by atoms with van der Waals surface area (Å²) in [7, 11) is 0. The Morgan fingerprint density at radius 3 is 2.00 bits per heavy atom. The lowest BCUT2D eigenvalue weighted by Gasteiger charge is -2.66. The number of aliphatic hydroxyl groups excluding tert-OH is 2. The van der Waals surface area contributed by atoms with E-state index in [2.05, 4.69) is 5.32 Å². The van der Waals surface area contributed by atoms with E-state index in [-0.39, 0.29) is 40.9 Å². The molecule has 3 aromatic rings. The largest absolute Gasteiger partial charge is 0.481 e. The van der Waals surface area contributed by atoms with Crippen LogP contribution >= 0.6 is 0 Å². The molecule has 2 bridgehead atoms.